The first-order valence-electron chi connectivity index (χ1n) is 9.16. The minimum absolute atomic E-state index is 0.0657. The number of carbonyl (C=O) groups excluding carboxylic acids is 2. The second-order valence-corrected chi connectivity index (χ2v) is 8.25. The maximum Gasteiger partial charge on any atom is 0.417 e. The van der Waals surface area contributed by atoms with E-state index >= 15 is 0 Å². The molecule has 0 N–H and O–H groups in total. The van der Waals surface area contributed by atoms with Gasteiger partial charge in [0.2, 0.25) is 0 Å². The van der Waals surface area contributed by atoms with Crippen molar-refractivity contribution < 1.29 is 19.1 Å². The molecule has 0 saturated carbocycles. The molecule has 6 heteroatoms. The molecule has 6 nitrogen and oxygen atoms in total. The van der Waals surface area contributed by atoms with Gasteiger partial charge in [-0.1, -0.05) is 17.7 Å². The van der Waals surface area contributed by atoms with Crippen molar-refractivity contribution >= 4 is 17.7 Å². The normalized spacial score (nSPS) is 20.4. The van der Waals surface area contributed by atoms with Gasteiger partial charge in [0.25, 0.3) is 5.91 Å². The molecule has 2 saturated heterocycles. The molecule has 0 unspecified atom stereocenters. The summed E-state index contributed by atoms with van der Waals surface area (Å²) < 4.78 is 11.3. The van der Waals surface area contributed by atoms with Gasteiger partial charge in [0, 0.05) is 18.8 Å². The van der Waals surface area contributed by atoms with E-state index in [2.05, 4.69) is 36.1 Å². The van der Waals surface area contributed by atoms with Crippen molar-refractivity contribution in [3.8, 4) is 0 Å². The Morgan fingerprint density at radius 3 is 2.35 bits per heavy atom. The minimum Gasteiger partial charge on any atom is -0.443 e. The van der Waals surface area contributed by atoms with E-state index < -0.39 is 17.3 Å². The van der Waals surface area contributed by atoms with Crippen LogP contribution in [0.4, 0.5) is 10.5 Å². The van der Waals surface area contributed by atoms with Crippen molar-refractivity contribution in [3.63, 3.8) is 0 Å². The first kappa shape index (κ1) is 18.7. The van der Waals surface area contributed by atoms with E-state index in [1.807, 2.05) is 0 Å². The molecule has 26 heavy (non-hydrogen) atoms. The highest BCUT2D eigenvalue weighted by Crippen LogP contribution is 2.33. The number of ether oxygens (including phenoxy) is 2. The number of carbonyl (C=O) groups is 2. The number of nitrogens with zero attached hydrogens (tertiary/aromatic N) is 2. The molecule has 0 atom stereocenters. The van der Waals surface area contributed by atoms with Crippen molar-refractivity contribution in [3.05, 3.63) is 29.8 Å². The first-order valence-corrected chi connectivity index (χ1v) is 9.16. The van der Waals surface area contributed by atoms with Gasteiger partial charge >= 0.3 is 6.09 Å². The van der Waals surface area contributed by atoms with Gasteiger partial charge < -0.3 is 14.4 Å². The summed E-state index contributed by atoms with van der Waals surface area (Å²) in [6.45, 7) is 9.33. The van der Waals surface area contributed by atoms with E-state index in [1.165, 1.54) is 16.2 Å². The van der Waals surface area contributed by atoms with Crippen LogP contribution in [-0.2, 0) is 14.3 Å². The third kappa shape index (κ3) is 4.18. The monoisotopic (exact) mass is 360 g/mol. The molecule has 1 spiro atoms. The fourth-order valence-corrected chi connectivity index (χ4v) is 3.43. The minimum atomic E-state index is -0.627. The third-order valence-corrected chi connectivity index (χ3v) is 4.94. The fraction of sp³-hybridized carbons (Fsp3) is 0.600. The summed E-state index contributed by atoms with van der Waals surface area (Å²) in [5, 5.41) is 0. The molecule has 1 aromatic rings. The smallest absolute Gasteiger partial charge is 0.417 e. The summed E-state index contributed by atoms with van der Waals surface area (Å²) in [4.78, 5) is 28.1. The number of hydrogen-bond acceptors (Lipinski definition) is 5. The Kier molecular flexibility index (Phi) is 4.97. The molecule has 2 amide bonds. The van der Waals surface area contributed by atoms with Crippen LogP contribution >= 0.6 is 0 Å². The lowest BCUT2D eigenvalue weighted by molar-refractivity contribution is -0.164. The summed E-state index contributed by atoms with van der Waals surface area (Å²) in [5.41, 5.74) is 1.34. The van der Waals surface area contributed by atoms with E-state index in [0.717, 1.165) is 25.9 Å². The number of morpholine rings is 1. The molecular formula is C20H28N2O4. The second-order valence-electron chi connectivity index (χ2n) is 8.25. The Bertz CT molecular complexity index is 670. The summed E-state index contributed by atoms with van der Waals surface area (Å²) in [5.74, 6) is -0.328. The summed E-state index contributed by atoms with van der Waals surface area (Å²) in [6.07, 6.45) is 0.965. The van der Waals surface area contributed by atoms with Crippen LogP contribution in [0.1, 0.15) is 39.2 Å². The molecule has 2 heterocycles. The lowest BCUT2D eigenvalue weighted by Gasteiger charge is -2.46. The molecule has 2 aliphatic rings. The zero-order chi connectivity index (χ0) is 18.9. The largest absolute Gasteiger partial charge is 0.443 e. The van der Waals surface area contributed by atoms with Gasteiger partial charge in [-0.2, -0.15) is 0 Å². The van der Waals surface area contributed by atoms with Crippen LogP contribution in [0.15, 0.2) is 24.3 Å². The first-order chi connectivity index (χ1) is 12.2. The predicted molar refractivity (Wildman–Crippen MR) is 99.3 cm³/mol. The topological polar surface area (TPSA) is 59.1 Å². The predicted octanol–water partition coefficient (Wildman–Crippen LogP) is 3.13. The molecule has 142 valence electrons. The highest BCUT2D eigenvalue weighted by atomic mass is 16.6. The number of anilines is 1. The van der Waals surface area contributed by atoms with Gasteiger partial charge in [-0.3, -0.25) is 4.79 Å². The third-order valence-electron chi connectivity index (χ3n) is 4.94. The van der Waals surface area contributed by atoms with E-state index in [4.69, 9.17) is 9.47 Å². The van der Waals surface area contributed by atoms with E-state index in [0.29, 0.717) is 0 Å². The Morgan fingerprint density at radius 1 is 1.15 bits per heavy atom. The van der Waals surface area contributed by atoms with Crippen LogP contribution in [0.5, 0.6) is 0 Å². The Balaban J connectivity index is 1.65. The summed E-state index contributed by atoms with van der Waals surface area (Å²) in [6, 6.07) is 8.48. The van der Waals surface area contributed by atoms with Crippen LogP contribution < -0.4 is 4.90 Å². The van der Waals surface area contributed by atoms with Crippen molar-refractivity contribution in [1.29, 1.82) is 0 Å². The fourth-order valence-electron chi connectivity index (χ4n) is 3.43. The molecule has 0 bridgehead atoms. The van der Waals surface area contributed by atoms with Crippen molar-refractivity contribution in [2.45, 2.75) is 51.7 Å². The highest BCUT2D eigenvalue weighted by Gasteiger charge is 2.45. The van der Waals surface area contributed by atoms with Crippen LogP contribution in [0, 0.1) is 6.92 Å². The van der Waals surface area contributed by atoms with E-state index in [-0.39, 0.29) is 19.1 Å². The van der Waals surface area contributed by atoms with Gasteiger partial charge in [-0.05, 0) is 52.7 Å². The van der Waals surface area contributed by atoms with Gasteiger partial charge in [-0.25, -0.2) is 9.69 Å². The van der Waals surface area contributed by atoms with Crippen molar-refractivity contribution in [2.24, 2.45) is 0 Å². The SMILES string of the molecule is Cc1ccc(N2CCC3(CC2)CN(C(=O)OC(C)(C)C)C(=O)CO3)cc1. The summed E-state index contributed by atoms with van der Waals surface area (Å²) >= 11 is 0. The maximum absolute atomic E-state index is 12.4. The molecule has 2 fully saturated rings. The average Bonchev–Trinajstić information content (AvgIpc) is 2.57. The zero-order valence-electron chi connectivity index (χ0n) is 16.1. The van der Waals surface area contributed by atoms with Crippen LogP contribution in [0.2, 0.25) is 0 Å². The number of piperidine rings is 1. The van der Waals surface area contributed by atoms with Gasteiger partial charge in [0.05, 0.1) is 12.1 Å². The lowest BCUT2D eigenvalue weighted by atomic mass is 9.89. The number of aryl methyl sites for hydroxylation is 1. The Morgan fingerprint density at radius 2 is 1.77 bits per heavy atom. The molecule has 1 aromatic carbocycles. The van der Waals surface area contributed by atoms with Crippen LogP contribution in [-0.4, -0.2) is 54.3 Å². The van der Waals surface area contributed by atoms with E-state index in [1.54, 1.807) is 20.8 Å². The molecule has 0 radical (unpaired) electrons. The molecule has 0 aromatic heterocycles. The van der Waals surface area contributed by atoms with Crippen LogP contribution in [0.3, 0.4) is 0 Å². The number of imide groups is 1. The molecule has 0 aliphatic carbocycles. The molecule has 2 aliphatic heterocycles. The number of rotatable bonds is 1. The Hall–Kier alpha value is -2.08. The van der Waals surface area contributed by atoms with Gasteiger partial charge in [0.1, 0.15) is 12.2 Å². The van der Waals surface area contributed by atoms with E-state index in [9.17, 15) is 9.59 Å². The van der Waals surface area contributed by atoms with Crippen molar-refractivity contribution in [1.82, 2.24) is 4.90 Å². The van der Waals surface area contributed by atoms with Gasteiger partial charge in [-0.15, -0.1) is 0 Å². The Labute approximate surface area is 155 Å². The number of benzene rings is 1. The average molecular weight is 360 g/mol. The zero-order valence-corrected chi connectivity index (χ0v) is 16.1. The lowest BCUT2D eigenvalue weighted by Crippen LogP contribution is -2.60. The number of amides is 2. The summed E-state index contributed by atoms with van der Waals surface area (Å²) in [7, 11) is 0. The number of hydrogen-bond donors (Lipinski definition) is 0. The standard InChI is InChI=1S/C20H28N2O4/c1-15-5-7-16(8-6-15)21-11-9-20(10-12-21)14-22(17(23)13-25-20)18(24)26-19(2,3)4/h5-8H,9-14H2,1-4H3. The highest BCUT2D eigenvalue weighted by molar-refractivity contribution is 5.93. The molecule has 3 rings (SSSR count). The van der Waals surface area contributed by atoms with Crippen LogP contribution in [0.25, 0.3) is 0 Å². The second kappa shape index (κ2) is 6.91. The molecular weight excluding hydrogens is 332 g/mol. The quantitative estimate of drug-likeness (QED) is 0.770. The van der Waals surface area contributed by atoms with Gasteiger partial charge in [0.15, 0.2) is 0 Å². The van der Waals surface area contributed by atoms with Crippen molar-refractivity contribution in [2.75, 3.05) is 31.1 Å². The maximum atomic E-state index is 12.4.